The van der Waals surface area contributed by atoms with E-state index in [0.29, 0.717) is 24.6 Å². The summed E-state index contributed by atoms with van der Waals surface area (Å²) in [5.41, 5.74) is 1.64. The van der Waals surface area contributed by atoms with Crippen LogP contribution in [0.2, 0.25) is 0 Å². The molecule has 1 saturated heterocycles. The number of likely N-dealkylation sites (tertiary alicyclic amines) is 1. The summed E-state index contributed by atoms with van der Waals surface area (Å²) < 4.78 is 6.07. The summed E-state index contributed by atoms with van der Waals surface area (Å²) in [6.07, 6.45) is 6.98. The molecule has 2 amide bonds. The molecular formula is C21H29N3O3. The summed E-state index contributed by atoms with van der Waals surface area (Å²) in [7, 11) is 1.99. The molecule has 6 heteroatoms. The number of fused-ring (bicyclic) bond motifs is 1. The summed E-state index contributed by atoms with van der Waals surface area (Å²) in [5.74, 6) is 0.923. The quantitative estimate of drug-likeness (QED) is 0.884. The van der Waals surface area contributed by atoms with E-state index in [-0.39, 0.29) is 17.9 Å². The van der Waals surface area contributed by atoms with Crippen LogP contribution in [0.4, 0.5) is 5.69 Å². The van der Waals surface area contributed by atoms with Gasteiger partial charge in [-0.1, -0.05) is 12.8 Å². The summed E-state index contributed by atoms with van der Waals surface area (Å²) in [6, 6.07) is 5.97. The molecule has 1 N–H and O–H groups in total. The molecular weight excluding hydrogens is 342 g/mol. The minimum atomic E-state index is -0.163. The number of hydrogen-bond acceptors (Lipinski definition) is 4. The number of hydrogen-bond donors (Lipinski definition) is 1. The molecule has 1 aliphatic carbocycles. The number of carbonyl (C=O) groups is 2. The molecule has 2 fully saturated rings. The maximum atomic E-state index is 12.6. The average Bonchev–Trinajstić information content (AvgIpc) is 3.34. The summed E-state index contributed by atoms with van der Waals surface area (Å²) in [5, 5.41) is 3.13. The zero-order chi connectivity index (χ0) is 18.8. The van der Waals surface area contributed by atoms with E-state index in [1.54, 1.807) is 0 Å². The first-order valence-electron chi connectivity index (χ1n) is 10.2. The van der Waals surface area contributed by atoms with Crippen LogP contribution in [-0.4, -0.2) is 55.5 Å². The van der Waals surface area contributed by atoms with Crippen LogP contribution in [0, 0.1) is 0 Å². The average molecular weight is 371 g/mol. The van der Waals surface area contributed by atoms with Gasteiger partial charge in [-0.25, -0.2) is 0 Å². The van der Waals surface area contributed by atoms with Crippen LogP contribution in [0.25, 0.3) is 0 Å². The normalized spacial score (nSPS) is 22.5. The highest BCUT2D eigenvalue weighted by atomic mass is 16.5. The third kappa shape index (κ3) is 4.04. The molecule has 4 rings (SSSR count). The van der Waals surface area contributed by atoms with Gasteiger partial charge in [-0.3, -0.25) is 9.59 Å². The van der Waals surface area contributed by atoms with Gasteiger partial charge < -0.3 is 19.9 Å². The van der Waals surface area contributed by atoms with Crippen molar-refractivity contribution in [3.8, 4) is 5.75 Å². The Morgan fingerprint density at radius 2 is 1.89 bits per heavy atom. The molecule has 1 saturated carbocycles. The highest BCUT2D eigenvalue weighted by molar-refractivity contribution is 5.96. The number of nitrogens with zero attached hydrogens (tertiary/aromatic N) is 2. The first-order chi connectivity index (χ1) is 13.1. The van der Waals surface area contributed by atoms with Crippen LogP contribution in [-0.2, 0) is 4.79 Å². The first kappa shape index (κ1) is 18.1. The second-order valence-electron chi connectivity index (χ2n) is 8.06. The molecule has 27 heavy (non-hydrogen) atoms. The number of carbonyl (C=O) groups excluding carboxylic acids is 2. The minimum Gasteiger partial charge on any atom is -0.486 e. The Morgan fingerprint density at radius 3 is 2.63 bits per heavy atom. The minimum absolute atomic E-state index is 0.0737. The van der Waals surface area contributed by atoms with Gasteiger partial charge >= 0.3 is 0 Å². The standard InChI is InChI=1S/C21H29N3O3/c1-23-14-17(13-20(25)22-16-6-2-3-7-16)27-19-9-8-15(12-18(19)23)21(26)24-10-4-5-11-24/h8-9,12,16-17H,2-7,10-11,13-14H2,1H3,(H,22,25)/t17-/m1/s1. The molecule has 0 bridgehead atoms. The van der Waals surface area contributed by atoms with Crippen molar-refractivity contribution in [3.63, 3.8) is 0 Å². The summed E-state index contributed by atoms with van der Waals surface area (Å²) in [4.78, 5) is 29.0. The molecule has 0 spiro atoms. The lowest BCUT2D eigenvalue weighted by Gasteiger charge is -2.34. The monoisotopic (exact) mass is 371 g/mol. The number of amides is 2. The van der Waals surface area contributed by atoms with Crippen molar-refractivity contribution in [3.05, 3.63) is 23.8 Å². The van der Waals surface area contributed by atoms with E-state index in [1.807, 2.05) is 30.1 Å². The van der Waals surface area contributed by atoms with Crippen molar-refractivity contribution in [2.45, 2.75) is 57.1 Å². The van der Waals surface area contributed by atoms with Crippen LogP contribution in [0.1, 0.15) is 55.3 Å². The molecule has 146 valence electrons. The number of nitrogens with one attached hydrogen (secondary N) is 1. The largest absolute Gasteiger partial charge is 0.486 e. The lowest BCUT2D eigenvalue weighted by atomic mass is 10.1. The van der Waals surface area contributed by atoms with Gasteiger partial charge in [-0.05, 0) is 43.9 Å². The van der Waals surface area contributed by atoms with Crippen molar-refractivity contribution < 1.29 is 14.3 Å². The van der Waals surface area contributed by atoms with E-state index in [4.69, 9.17) is 4.74 Å². The lowest BCUT2D eigenvalue weighted by molar-refractivity contribution is -0.123. The fraction of sp³-hybridized carbons (Fsp3) is 0.619. The predicted molar refractivity (Wildman–Crippen MR) is 104 cm³/mol. The lowest BCUT2D eigenvalue weighted by Crippen LogP contribution is -2.42. The van der Waals surface area contributed by atoms with E-state index in [2.05, 4.69) is 10.2 Å². The Bertz CT molecular complexity index is 709. The van der Waals surface area contributed by atoms with Gasteiger partial charge in [0, 0.05) is 31.7 Å². The number of likely N-dealkylation sites (N-methyl/N-ethyl adjacent to an activating group) is 1. The van der Waals surface area contributed by atoms with Crippen molar-refractivity contribution in [1.82, 2.24) is 10.2 Å². The molecule has 1 atom stereocenters. The van der Waals surface area contributed by atoms with E-state index in [1.165, 1.54) is 12.8 Å². The van der Waals surface area contributed by atoms with Gasteiger partial charge in [0.2, 0.25) is 5.91 Å². The maximum Gasteiger partial charge on any atom is 0.253 e. The van der Waals surface area contributed by atoms with Crippen LogP contribution < -0.4 is 15.0 Å². The van der Waals surface area contributed by atoms with Gasteiger partial charge in [-0.2, -0.15) is 0 Å². The highest BCUT2D eigenvalue weighted by Gasteiger charge is 2.28. The zero-order valence-electron chi connectivity index (χ0n) is 16.1. The highest BCUT2D eigenvalue weighted by Crippen LogP contribution is 2.34. The molecule has 0 aromatic heterocycles. The fourth-order valence-corrected chi connectivity index (χ4v) is 4.44. The third-order valence-electron chi connectivity index (χ3n) is 5.91. The first-order valence-corrected chi connectivity index (χ1v) is 10.2. The second-order valence-corrected chi connectivity index (χ2v) is 8.06. The Kier molecular flexibility index (Phi) is 5.23. The van der Waals surface area contributed by atoms with Gasteiger partial charge in [0.25, 0.3) is 5.91 Å². The zero-order valence-corrected chi connectivity index (χ0v) is 16.1. The Labute approximate surface area is 160 Å². The number of ether oxygens (including phenoxy) is 1. The van der Waals surface area contributed by atoms with E-state index >= 15 is 0 Å². The van der Waals surface area contributed by atoms with Crippen molar-refractivity contribution in [2.24, 2.45) is 0 Å². The van der Waals surface area contributed by atoms with Crippen molar-refractivity contribution in [2.75, 3.05) is 31.6 Å². The van der Waals surface area contributed by atoms with Crippen LogP contribution in [0.5, 0.6) is 5.75 Å². The SMILES string of the molecule is CN1C[C@@H](CC(=O)NC2CCCC2)Oc2ccc(C(=O)N3CCCC3)cc21. The van der Waals surface area contributed by atoms with Gasteiger partial charge in [-0.15, -0.1) is 0 Å². The van der Waals surface area contributed by atoms with Gasteiger partial charge in [0.05, 0.1) is 18.7 Å². The summed E-state index contributed by atoms with van der Waals surface area (Å²) >= 11 is 0. The van der Waals surface area contributed by atoms with Gasteiger partial charge in [0.15, 0.2) is 0 Å². The van der Waals surface area contributed by atoms with E-state index in [0.717, 1.165) is 50.2 Å². The second kappa shape index (κ2) is 7.79. The molecule has 2 aliphatic heterocycles. The number of anilines is 1. The third-order valence-corrected chi connectivity index (χ3v) is 5.91. The molecule has 2 heterocycles. The number of benzene rings is 1. The molecule has 3 aliphatic rings. The smallest absolute Gasteiger partial charge is 0.253 e. The molecule has 1 aromatic rings. The number of rotatable bonds is 4. The molecule has 0 radical (unpaired) electrons. The maximum absolute atomic E-state index is 12.6. The molecule has 6 nitrogen and oxygen atoms in total. The van der Waals surface area contributed by atoms with Crippen molar-refractivity contribution in [1.29, 1.82) is 0 Å². The molecule has 0 unspecified atom stereocenters. The predicted octanol–water partition coefficient (Wildman–Crippen LogP) is 2.57. The summed E-state index contributed by atoms with van der Waals surface area (Å²) in [6.45, 7) is 2.34. The topological polar surface area (TPSA) is 61.9 Å². The Morgan fingerprint density at radius 1 is 1.15 bits per heavy atom. The van der Waals surface area contributed by atoms with Crippen LogP contribution in [0.3, 0.4) is 0 Å². The van der Waals surface area contributed by atoms with Crippen LogP contribution in [0.15, 0.2) is 18.2 Å². The molecule has 1 aromatic carbocycles. The van der Waals surface area contributed by atoms with Gasteiger partial charge in [0.1, 0.15) is 11.9 Å². The fourth-order valence-electron chi connectivity index (χ4n) is 4.44. The van der Waals surface area contributed by atoms with E-state index < -0.39 is 0 Å². The Hall–Kier alpha value is -2.24. The Balaban J connectivity index is 1.40. The van der Waals surface area contributed by atoms with E-state index in [9.17, 15) is 9.59 Å². The van der Waals surface area contributed by atoms with Crippen molar-refractivity contribution >= 4 is 17.5 Å². The van der Waals surface area contributed by atoms with Crippen LogP contribution >= 0.6 is 0 Å².